The summed E-state index contributed by atoms with van der Waals surface area (Å²) in [4.78, 5) is 23.0. The van der Waals surface area contributed by atoms with Crippen LogP contribution in [0.4, 0.5) is 5.69 Å². The third-order valence-electron chi connectivity index (χ3n) is 3.00. The summed E-state index contributed by atoms with van der Waals surface area (Å²) in [7, 11) is -3.73. The molecule has 0 unspecified atom stereocenters. The van der Waals surface area contributed by atoms with E-state index in [1.54, 1.807) is 18.2 Å². The molecule has 2 aromatic heterocycles. The number of benzene rings is 1. The summed E-state index contributed by atoms with van der Waals surface area (Å²) < 4.78 is 26.9. The molecule has 0 spiro atoms. The van der Waals surface area contributed by atoms with Crippen LogP contribution in [-0.2, 0) is 16.4 Å². The van der Waals surface area contributed by atoms with E-state index in [0.717, 1.165) is 0 Å². The summed E-state index contributed by atoms with van der Waals surface area (Å²) in [5.74, 6) is 0.598. The minimum atomic E-state index is -3.73. The first-order valence-electron chi connectivity index (χ1n) is 6.26. The number of fused-ring (bicyclic) bond motifs is 1. The molecule has 0 fully saturated rings. The van der Waals surface area contributed by atoms with Crippen LogP contribution in [0.25, 0.3) is 11.0 Å². The van der Waals surface area contributed by atoms with Gasteiger partial charge in [0.15, 0.2) is 5.03 Å². The third kappa shape index (κ3) is 2.55. The average Bonchev–Trinajstić information content (AvgIpc) is 3.03. The van der Waals surface area contributed by atoms with Crippen molar-refractivity contribution in [2.75, 3.05) is 4.72 Å². The molecule has 8 nitrogen and oxygen atoms in total. The number of H-pyrrole nitrogens is 3. The molecule has 3 rings (SSSR count). The van der Waals surface area contributed by atoms with E-state index in [1.165, 1.54) is 6.20 Å². The van der Waals surface area contributed by atoms with E-state index >= 15 is 0 Å². The topological polar surface area (TPSA) is 123 Å². The molecule has 1 aromatic carbocycles. The Balaban J connectivity index is 1.94. The summed E-state index contributed by atoms with van der Waals surface area (Å²) in [6, 6.07) is 4.73. The SMILES string of the molecule is CCc1ncc(S(=O)(=O)Nc2ccc3[nH]c(=O)[nH]c3c2)[nH]1. The first kappa shape index (κ1) is 13.4. The number of sulfonamides is 1. The molecule has 0 aliphatic rings. The zero-order valence-corrected chi connectivity index (χ0v) is 11.9. The van der Waals surface area contributed by atoms with Gasteiger partial charge in [-0.3, -0.25) is 4.72 Å². The average molecular weight is 307 g/mol. The Labute approximate surface area is 119 Å². The first-order valence-corrected chi connectivity index (χ1v) is 7.75. The van der Waals surface area contributed by atoms with Gasteiger partial charge >= 0.3 is 5.69 Å². The van der Waals surface area contributed by atoms with Crippen LogP contribution in [-0.4, -0.2) is 28.4 Å². The molecule has 0 atom stereocenters. The molecule has 0 aliphatic carbocycles. The molecule has 9 heteroatoms. The molecule has 0 saturated carbocycles. The fourth-order valence-electron chi connectivity index (χ4n) is 1.97. The minimum absolute atomic E-state index is 0.00186. The van der Waals surface area contributed by atoms with Crippen molar-refractivity contribution in [1.82, 2.24) is 19.9 Å². The maximum absolute atomic E-state index is 12.2. The van der Waals surface area contributed by atoms with E-state index in [4.69, 9.17) is 0 Å². The maximum Gasteiger partial charge on any atom is 0.323 e. The van der Waals surface area contributed by atoms with Crippen LogP contribution in [0.1, 0.15) is 12.7 Å². The molecule has 0 aliphatic heterocycles. The van der Waals surface area contributed by atoms with Crippen molar-refractivity contribution in [3.8, 4) is 0 Å². The van der Waals surface area contributed by atoms with Gasteiger partial charge in [-0.2, -0.15) is 8.42 Å². The van der Waals surface area contributed by atoms with Crippen molar-refractivity contribution >= 4 is 26.7 Å². The highest BCUT2D eigenvalue weighted by Crippen LogP contribution is 2.18. The summed E-state index contributed by atoms with van der Waals surface area (Å²) in [6.45, 7) is 1.87. The lowest BCUT2D eigenvalue weighted by Crippen LogP contribution is -2.13. The van der Waals surface area contributed by atoms with E-state index < -0.39 is 10.0 Å². The largest absolute Gasteiger partial charge is 0.332 e. The standard InChI is InChI=1S/C12H13N5O3S/c1-2-10-13-6-11(16-10)21(19,20)17-7-3-4-8-9(5-7)15-12(18)14-8/h3-6,17H,2H2,1H3,(H,13,16)(H2,14,15,18). The first-order chi connectivity index (χ1) is 9.98. The Morgan fingerprint density at radius 3 is 2.67 bits per heavy atom. The van der Waals surface area contributed by atoms with Crippen molar-refractivity contribution < 1.29 is 8.42 Å². The van der Waals surface area contributed by atoms with Gasteiger partial charge < -0.3 is 15.0 Å². The fraction of sp³-hybridized carbons (Fsp3) is 0.167. The molecule has 3 aromatic rings. The maximum atomic E-state index is 12.2. The van der Waals surface area contributed by atoms with Gasteiger partial charge in [0.05, 0.1) is 22.9 Å². The monoisotopic (exact) mass is 307 g/mol. The van der Waals surface area contributed by atoms with Crippen molar-refractivity contribution in [3.63, 3.8) is 0 Å². The summed E-state index contributed by atoms with van der Waals surface area (Å²) in [5.41, 5.74) is 1.15. The van der Waals surface area contributed by atoms with E-state index in [9.17, 15) is 13.2 Å². The lowest BCUT2D eigenvalue weighted by Gasteiger charge is -2.05. The van der Waals surface area contributed by atoms with Crippen LogP contribution in [0.2, 0.25) is 0 Å². The Morgan fingerprint density at radius 2 is 1.95 bits per heavy atom. The van der Waals surface area contributed by atoms with Gasteiger partial charge in [-0.1, -0.05) is 6.92 Å². The molecule has 0 saturated heterocycles. The molecule has 0 radical (unpaired) electrons. The number of aromatic nitrogens is 4. The fourth-order valence-corrected chi connectivity index (χ4v) is 2.96. The van der Waals surface area contributed by atoms with Crippen molar-refractivity contribution in [2.45, 2.75) is 18.4 Å². The summed E-state index contributed by atoms with van der Waals surface area (Å²) >= 11 is 0. The van der Waals surface area contributed by atoms with Gasteiger partial charge in [0, 0.05) is 6.42 Å². The summed E-state index contributed by atoms with van der Waals surface area (Å²) in [6.07, 6.45) is 1.89. The zero-order valence-electron chi connectivity index (χ0n) is 11.1. The number of nitrogens with zero attached hydrogens (tertiary/aromatic N) is 1. The van der Waals surface area contributed by atoms with Gasteiger partial charge in [0.2, 0.25) is 0 Å². The van der Waals surface area contributed by atoms with Crippen LogP contribution < -0.4 is 10.4 Å². The number of hydrogen-bond donors (Lipinski definition) is 4. The Hall–Kier alpha value is -2.55. The third-order valence-corrected chi connectivity index (χ3v) is 4.29. The predicted octanol–water partition coefficient (Wildman–Crippen LogP) is 0.942. The number of nitrogens with one attached hydrogen (secondary N) is 4. The molecule has 110 valence electrons. The lowest BCUT2D eigenvalue weighted by atomic mass is 10.3. The number of aryl methyl sites for hydroxylation is 1. The van der Waals surface area contributed by atoms with E-state index in [-0.39, 0.29) is 10.7 Å². The van der Waals surface area contributed by atoms with Gasteiger partial charge in [-0.25, -0.2) is 9.78 Å². The molecule has 0 amide bonds. The highest BCUT2D eigenvalue weighted by Gasteiger charge is 2.17. The molecular weight excluding hydrogens is 294 g/mol. The molecular formula is C12H13N5O3S. The van der Waals surface area contributed by atoms with Gasteiger partial charge in [-0.15, -0.1) is 0 Å². The molecule has 21 heavy (non-hydrogen) atoms. The highest BCUT2D eigenvalue weighted by molar-refractivity contribution is 7.92. The number of aromatic amines is 3. The van der Waals surface area contributed by atoms with Crippen LogP contribution in [0.3, 0.4) is 0 Å². The molecule has 0 bridgehead atoms. The smallest absolute Gasteiger partial charge is 0.323 e. The van der Waals surface area contributed by atoms with E-state index in [0.29, 0.717) is 29.0 Å². The minimum Gasteiger partial charge on any atom is -0.332 e. The predicted molar refractivity (Wildman–Crippen MR) is 77.7 cm³/mol. The number of imidazole rings is 2. The molecule has 2 heterocycles. The Kier molecular flexibility index (Phi) is 3.05. The Morgan fingerprint density at radius 1 is 1.19 bits per heavy atom. The normalized spacial score (nSPS) is 11.9. The summed E-state index contributed by atoms with van der Waals surface area (Å²) in [5, 5.41) is 0.00186. The van der Waals surface area contributed by atoms with Crippen LogP contribution >= 0.6 is 0 Å². The van der Waals surface area contributed by atoms with Crippen LogP contribution in [0.5, 0.6) is 0 Å². The van der Waals surface area contributed by atoms with Gasteiger partial charge in [0.25, 0.3) is 10.0 Å². The Bertz CT molecular complexity index is 951. The quantitative estimate of drug-likeness (QED) is 0.572. The number of rotatable bonds is 4. The van der Waals surface area contributed by atoms with Crippen molar-refractivity contribution in [1.29, 1.82) is 0 Å². The zero-order chi connectivity index (χ0) is 15.0. The number of anilines is 1. The number of hydrogen-bond acceptors (Lipinski definition) is 4. The van der Waals surface area contributed by atoms with E-state index in [2.05, 4.69) is 24.7 Å². The lowest BCUT2D eigenvalue weighted by molar-refractivity contribution is 0.598. The van der Waals surface area contributed by atoms with Gasteiger partial charge in [0.1, 0.15) is 5.82 Å². The molecule has 4 N–H and O–H groups in total. The second kappa shape index (κ2) is 4.77. The van der Waals surface area contributed by atoms with Crippen LogP contribution in [0, 0.1) is 0 Å². The van der Waals surface area contributed by atoms with Crippen LogP contribution in [0.15, 0.2) is 34.2 Å². The van der Waals surface area contributed by atoms with E-state index in [1.807, 2.05) is 6.92 Å². The highest BCUT2D eigenvalue weighted by atomic mass is 32.2. The second-order valence-electron chi connectivity index (χ2n) is 4.49. The van der Waals surface area contributed by atoms with Crippen molar-refractivity contribution in [2.24, 2.45) is 0 Å². The second-order valence-corrected chi connectivity index (χ2v) is 6.14. The van der Waals surface area contributed by atoms with Gasteiger partial charge in [-0.05, 0) is 18.2 Å². The van der Waals surface area contributed by atoms with Crippen molar-refractivity contribution in [3.05, 3.63) is 40.7 Å².